The summed E-state index contributed by atoms with van der Waals surface area (Å²) in [5.74, 6) is 0.178. The molecule has 2 heterocycles. The van der Waals surface area contributed by atoms with E-state index in [4.69, 9.17) is 0 Å². The third-order valence-corrected chi connectivity index (χ3v) is 5.17. The second-order valence-corrected chi connectivity index (χ2v) is 6.75. The van der Waals surface area contributed by atoms with Crippen molar-refractivity contribution in [3.63, 3.8) is 0 Å². The van der Waals surface area contributed by atoms with Crippen LogP contribution in [0.5, 0.6) is 0 Å². The molecular weight excluding hydrogens is 316 g/mol. The normalized spacial score (nSPS) is 26.2. The summed E-state index contributed by atoms with van der Waals surface area (Å²) in [6.45, 7) is 4.02. The lowest BCUT2D eigenvalue weighted by Gasteiger charge is -2.30. The number of nitrogens with zero attached hydrogens (tertiary/aromatic N) is 1. The van der Waals surface area contributed by atoms with Crippen LogP contribution < -0.4 is 5.32 Å². The number of benzene rings is 1. The number of rotatable bonds is 2. The van der Waals surface area contributed by atoms with Gasteiger partial charge in [-0.25, -0.2) is 0 Å². The Hall–Kier alpha value is -0.870. The van der Waals surface area contributed by atoms with Gasteiger partial charge in [-0.15, -0.1) is 0 Å². The maximum Gasteiger partial charge on any atom is 0.255 e. The summed E-state index contributed by atoms with van der Waals surface area (Å²) in [6, 6.07) is 6.86. The van der Waals surface area contributed by atoms with Crippen LogP contribution in [0.15, 0.2) is 22.7 Å². The van der Waals surface area contributed by atoms with Crippen LogP contribution in [0.2, 0.25) is 0 Å². The van der Waals surface area contributed by atoms with E-state index in [2.05, 4.69) is 26.1 Å². The Morgan fingerprint density at radius 1 is 1.35 bits per heavy atom. The van der Waals surface area contributed by atoms with Crippen molar-refractivity contribution in [3.8, 4) is 0 Å². The molecule has 3 rings (SSSR count). The molecule has 1 aromatic rings. The lowest BCUT2D eigenvalue weighted by Crippen LogP contribution is -2.46. The first-order valence-electron chi connectivity index (χ1n) is 7.47. The number of halogens is 1. The lowest BCUT2D eigenvalue weighted by molar-refractivity contribution is 0.0710. The number of carbonyl (C=O) groups excluding carboxylic acids is 1. The van der Waals surface area contributed by atoms with Gasteiger partial charge in [0.05, 0.1) is 5.56 Å². The van der Waals surface area contributed by atoms with E-state index in [1.807, 2.05) is 25.1 Å². The first kappa shape index (κ1) is 14.1. The maximum atomic E-state index is 12.9. The van der Waals surface area contributed by atoms with Crippen LogP contribution in [0.1, 0.15) is 41.6 Å². The summed E-state index contributed by atoms with van der Waals surface area (Å²) in [5, 5.41) is 3.56. The maximum absolute atomic E-state index is 12.9. The third kappa shape index (κ3) is 2.63. The molecule has 2 fully saturated rings. The molecule has 2 unspecified atom stereocenters. The minimum absolute atomic E-state index is 0.178. The van der Waals surface area contributed by atoms with E-state index in [0.29, 0.717) is 12.1 Å². The Bertz CT molecular complexity index is 511. The van der Waals surface area contributed by atoms with Gasteiger partial charge in [0.15, 0.2) is 0 Å². The van der Waals surface area contributed by atoms with E-state index in [-0.39, 0.29) is 5.91 Å². The quantitative estimate of drug-likeness (QED) is 0.899. The number of likely N-dealkylation sites (tertiary alicyclic amines) is 1. The zero-order chi connectivity index (χ0) is 14.1. The van der Waals surface area contributed by atoms with Crippen molar-refractivity contribution in [1.29, 1.82) is 0 Å². The smallest absolute Gasteiger partial charge is 0.255 e. The molecule has 2 atom stereocenters. The van der Waals surface area contributed by atoms with Crippen LogP contribution in [-0.4, -0.2) is 36.0 Å². The van der Waals surface area contributed by atoms with Gasteiger partial charge in [-0.05, 0) is 67.2 Å². The topological polar surface area (TPSA) is 32.3 Å². The van der Waals surface area contributed by atoms with E-state index >= 15 is 0 Å². The van der Waals surface area contributed by atoms with Gasteiger partial charge >= 0.3 is 0 Å². The SMILES string of the molecule is Cc1ccc(Br)c(C(=O)N2CCCC2C2CCCN2)c1. The molecule has 2 aliphatic heterocycles. The van der Waals surface area contributed by atoms with E-state index in [1.54, 1.807) is 0 Å². The van der Waals surface area contributed by atoms with E-state index in [0.717, 1.165) is 41.5 Å². The second kappa shape index (κ2) is 5.86. The summed E-state index contributed by atoms with van der Waals surface area (Å²) in [4.78, 5) is 14.9. The fourth-order valence-corrected chi connectivity index (χ4v) is 3.88. The Morgan fingerprint density at radius 3 is 2.95 bits per heavy atom. The van der Waals surface area contributed by atoms with Gasteiger partial charge in [0.25, 0.3) is 5.91 Å². The van der Waals surface area contributed by atoms with Crippen molar-refractivity contribution in [2.24, 2.45) is 0 Å². The lowest BCUT2D eigenvalue weighted by atomic mass is 10.0. The van der Waals surface area contributed by atoms with Crippen molar-refractivity contribution in [1.82, 2.24) is 10.2 Å². The Balaban J connectivity index is 1.83. The van der Waals surface area contributed by atoms with E-state index in [9.17, 15) is 4.79 Å². The van der Waals surface area contributed by atoms with Gasteiger partial charge in [0.2, 0.25) is 0 Å². The average Bonchev–Trinajstić information content (AvgIpc) is 3.10. The van der Waals surface area contributed by atoms with Crippen molar-refractivity contribution in [2.45, 2.75) is 44.7 Å². The first-order chi connectivity index (χ1) is 9.66. The summed E-state index contributed by atoms with van der Waals surface area (Å²) in [6.07, 6.45) is 4.69. The zero-order valence-corrected chi connectivity index (χ0v) is 13.4. The van der Waals surface area contributed by atoms with Gasteiger partial charge in [0, 0.05) is 23.1 Å². The molecule has 0 spiro atoms. The van der Waals surface area contributed by atoms with Gasteiger partial charge in [-0.2, -0.15) is 0 Å². The number of hydrogen-bond acceptors (Lipinski definition) is 2. The van der Waals surface area contributed by atoms with Crippen LogP contribution in [-0.2, 0) is 0 Å². The van der Waals surface area contributed by atoms with Crippen LogP contribution in [0, 0.1) is 6.92 Å². The molecule has 1 N–H and O–H groups in total. The van der Waals surface area contributed by atoms with Gasteiger partial charge in [-0.3, -0.25) is 4.79 Å². The summed E-state index contributed by atoms with van der Waals surface area (Å²) < 4.78 is 0.901. The highest BCUT2D eigenvalue weighted by atomic mass is 79.9. The van der Waals surface area contributed by atoms with Gasteiger partial charge in [-0.1, -0.05) is 11.6 Å². The fourth-order valence-electron chi connectivity index (χ4n) is 3.46. The van der Waals surface area contributed by atoms with Gasteiger partial charge in [0.1, 0.15) is 0 Å². The molecule has 2 aliphatic rings. The van der Waals surface area contributed by atoms with Crippen LogP contribution in [0.4, 0.5) is 0 Å². The van der Waals surface area contributed by atoms with Crippen molar-refractivity contribution < 1.29 is 4.79 Å². The molecule has 0 bridgehead atoms. The Morgan fingerprint density at radius 2 is 2.20 bits per heavy atom. The summed E-state index contributed by atoms with van der Waals surface area (Å²) in [5.41, 5.74) is 1.93. The largest absolute Gasteiger partial charge is 0.334 e. The van der Waals surface area contributed by atoms with Crippen molar-refractivity contribution in [3.05, 3.63) is 33.8 Å². The number of amides is 1. The van der Waals surface area contributed by atoms with E-state index in [1.165, 1.54) is 12.8 Å². The van der Waals surface area contributed by atoms with Crippen LogP contribution >= 0.6 is 15.9 Å². The Kier molecular flexibility index (Phi) is 4.13. The Labute approximate surface area is 128 Å². The average molecular weight is 337 g/mol. The molecule has 4 heteroatoms. The third-order valence-electron chi connectivity index (χ3n) is 4.48. The molecule has 108 valence electrons. The number of nitrogens with one attached hydrogen (secondary N) is 1. The molecule has 1 aromatic carbocycles. The van der Waals surface area contributed by atoms with Crippen molar-refractivity contribution >= 4 is 21.8 Å². The predicted octanol–water partition coefficient (Wildman–Crippen LogP) is 3.11. The highest BCUT2D eigenvalue weighted by molar-refractivity contribution is 9.10. The molecule has 0 aromatic heterocycles. The highest BCUT2D eigenvalue weighted by Gasteiger charge is 2.36. The van der Waals surface area contributed by atoms with Crippen LogP contribution in [0.3, 0.4) is 0 Å². The molecular formula is C16H21BrN2O. The fraction of sp³-hybridized carbons (Fsp3) is 0.562. The minimum atomic E-state index is 0.178. The summed E-state index contributed by atoms with van der Waals surface area (Å²) in [7, 11) is 0. The molecule has 2 saturated heterocycles. The molecule has 1 amide bonds. The molecule has 0 aliphatic carbocycles. The number of aryl methyl sites for hydroxylation is 1. The van der Waals surface area contributed by atoms with Crippen LogP contribution in [0.25, 0.3) is 0 Å². The molecule has 0 saturated carbocycles. The standard InChI is InChI=1S/C16H21BrN2O/c1-11-6-7-13(17)12(10-11)16(20)19-9-3-5-15(19)14-4-2-8-18-14/h6-7,10,14-15,18H,2-5,8-9H2,1H3. The van der Waals surface area contributed by atoms with Crippen molar-refractivity contribution in [2.75, 3.05) is 13.1 Å². The number of carbonyl (C=O) groups is 1. The molecule has 3 nitrogen and oxygen atoms in total. The summed E-state index contributed by atoms with van der Waals surface area (Å²) >= 11 is 3.52. The monoisotopic (exact) mass is 336 g/mol. The highest BCUT2D eigenvalue weighted by Crippen LogP contribution is 2.28. The van der Waals surface area contributed by atoms with E-state index < -0.39 is 0 Å². The first-order valence-corrected chi connectivity index (χ1v) is 8.26. The number of hydrogen-bond donors (Lipinski definition) is 1. The zero-order valence-electron chi connectivity index (χ0n) is 11.9. The predicted molar refractivity (Wildman–Crippen MR) is 84.0 cm³/mol. The van der Waals surface area contributed by atoms with Gasteiger partial charge < -0.3 is 10.2 Å². The molecule has 20 heavy (non-hydrogen) atoms. The second-order valence-electron chi connectivity index (χ2n) is 5.89. The molecule has 0 radical (unpaired) electrons. The minimum Gasteiger partial charge on any atom is -0.334 e.